The number of carbonyl (C=O) groups excluding carboxylic acids is 2. The number of H-pyrrole nitrogens is 1. The Labute approximate surface area is 198 Å². The van der Waals surface area contributed by atoms with Crippen molar-refractivity contribution >= 4 is 23.3 Å². The minimum Gasteiger partial charge on any atom is -0.462 e. The van der Waals surface area contributed by atoms with E-state index in [1.807, 2.05) is 27.8 Å². The molecule has 1 unspecified atom stereocenters. The first-order chi connectivity index (χ1) is 15.6. The summed E-state index contributed by atoms with van der Waals surface area (Å²) in [5.74, 6) is 1.85. The van der Waals surface area contributed by atoms with Gasteiger partial charge in [0, 0.05) is 29.1 Å². The number of rotatable bonds is 6. The van der Waals surface area contributed by atoms with Crippen molar-refractivity contribution in [3.05, 3.63) is 35.5 Å². The maximum absolute atomic E-state index is 13.2. The van der Waals surface area contributed by atoms with E-state index in [4.69, 9.17) is 0 Å². The van der Waals surface area contributed by atoms with Gasteiger partial charge in [-0.2, -0.15) is 0 Å². The van der Waals surface area contributed by atoms with Crippen LogP contribution in [0.1, 0.15) is 71.2 Å². The van der Waals surface area contributed by atoms with Crippen LogP contribution in [-0.2, 0) is 20.7 Å². The number of benzene rings is 1. The molecule has 1 atom stereocenters. The number of fused-ring (bicyclic) bond motifs is 3. The van der Waals surface area contributed by atoms with Crippen LogP contribution in [0, 0.1) is 17.8 Å². The molecule has 0 bridgehead atoms. The average Bonchev–Trinajstić information content (AvgIpc) is 3.09. The summed E-state index contributed by atoms with van der Waals surface area (Å²) in [6, 6.07) is 8.76. The topological polar surface area (TPSA) is 74.4 Å². The van der Waals surface area contributed by atoms with Gasteiger partial charge in [-0.05, 0) is 83.5 Å². The van der Waals surface area contributed by atoms with Crippen LogP contribution < -0.4 is 5.32 Å². The molecule has 2 N–H and O–H groups in total. The van der Waals surface area contributed by atoms with E-state index in [-0.39, 0.29) is 17.6 Å². The number of para-hydroxylation sites is 1. The molecule has 2 heterocycles. The van der Waals surface area contributed by atoms with Crippen LogP contribution in [-0.4, -0.2) is 48.0 Å². The van der Waals surface area contributed by atoms with Crippen LogP contribution in [0.25, 0.3) is 10.9 Å². The Kier molecular flexibility index (Phi) is 8.22. The van der Waals surface area contributed by atoms with Crippen molar-refractivity contribution in [2.45, 2.75) is 71.9 Å². The Bertz CT molecular complexity index is 938. The van der Waals surface area contributed by atoms with Crippen LogP contribution in [0.3, 0.4) is 0 Å². The third kappa shape index (κ3) is 6.17. The van der Waals surface area contributed by atoms with Crippen LogP contribution in [0.4, 0.5) is 0 Å². The van der Waals surface area contributed by atoms with Crippen LogP contribution >= 0.6 is 0 Å². The molecule has 4 rings (SSSR count). The van der Waals surface area contributed by atoms with E-state index < -0.39 is 0 Å². The molecule has 6 nitrogen and oxygen atoms in total. The summed E-state index contributed by atoms with van der Waals surface area (Å²) in [5, 5.41) is 4.58. The highest BCUT2D eigenvalue weighted by atomic mass is 16.5. The molecule has 1 saturated carbocycles. The zero-order chi connectivity index (χ0) is 24.2. The van der Waals surface area contributed by atoms with E-state index in [2.05, 4.69) is 58.1 Å². The van der Waals surface area contributed by atoms with Gasteiger partial charge in [-0.3, -0.25) is 9.59 Å². The first kappa shape index (κ1) is 25.3. The van der Waals surface area contributed by atoms with Gasteiger partial charge in [0.25, 0.3) is 6.47 Å². The SMILES string of the molecule is CC(C)(C)OC=O.CNCC1CC(C(=O)N2CCc3c([nH]c4ccccc34)C2CC(C)C)C1. The molecule has 2 aromatic rings. The molecule has 1 aromatic carbocycles. The van der Waals surface area contributed by atoms with Gasteiger partial charge in [-0.15, -0.1) is 0 Å². The minimum absolute atomic E-state index is 0.196. The van der Waals surface area contributed by atoms with Gasteiger partial charge >= 0.3 is 0 Å². The average molecular weight is 456 g/mol. The second-order valence-electron chi connectivity index (χ2n) is 10.9. The molecule has 1 aromatic heterocycles. The zero-order valence-electron chi connectivity index (χ0n) is 21.1. The third-order valence-corrected chi connectivity index (χ3v) is 6.62. The fourth-order valence-electron chi connectivity index (χ4n) is 5.05. The summed E-state index contributed by atoms with van der Waals surface area (Å²) in [6.45, 7) is 12.3. The maximum atomic E-state index is 13.2. The monoisotopic (exact) mass is 455 g/mol. The molecule has 2 aliphatic rings. The first-order valence-corrected chi connectivity index (χ1v) is 12.3. The fraction of sp³-hybridized carbons (Fsp3) is 0.630. The largest absolute Gasteiger partial charge is 0.462 e. The molecular formula is C27H41N3O3. The number of ether oxygens (including phenoxy) is 1. The Balaban J connectivity index is 0.000000383. The summed E-state index contributed by atoms with van der Waals surface area (Å²) < 4.78 is 4.55. The van der Waals surface area contributed by atoms with Crippen molar-refractivity contribution in [2.75, 3.05) is 20.1 Å². The van der Waals surface area contributed by atoms with Gasteiger partial charge in [0.2, 0.25) is 5.91 Å². The van der Waals surface area contributed by atoms with Crippen LogP contribution in [0.15, 0.2) is 24.3 Å². The normalized spacial score (nSPS) is 22.3. The molecule has 6 heteroatoms. The number of nitrogens with zero attached hydrogens (tertiary/aromatic N) is 1. The lowest BCUT2D eigenvalue weighted by Crippen LogP contribution is -2.47. The molecule has 0 saturated heterocycles. The van der Waals surface area contributed by atoms with Crippen LogP contribution in [0.5, 0.6) is 0 Å². The molecule has 0 spiro atoms. The smallest absolute Gasteiger partial charge is 0.293 e. The number of aromatic amines is 1. The molecule has 1 amide bonds. The Morgan fingerprint density at radius 1 is 1.27 bits per heavy atom. The van der Waals surface area contributed by atoms with E-state index in [1.54, 1.807) is 0 Å². The van der Waals surface area contributed by atoms with Gasteiger partial charge < -0.3 is 19.9 Å². The van der Waals surface area contributed by atoms with Crippen molar-refractivity contribution in [3.63, 3.8) is 0 Å². The van der Waals surface area contributed by atoms with Crippen molar-refractivity contribution in [1.82, 2.24) is 15.2 Å². The number of aromatic nitrogens is 1. The fourth-order valence-corrected chi connectivity index (χ4v) is 5.05. The molecular weight excluding hydrogens is 414 g/mol. The second kappa shape index (κ2) is 10.7. The number of carbonyl (C=O) groups is 2. The summed E-state index contributed by atoms with van der Waals surface area (Å²) >= 11 is 0. The lowest BCUT2D eigenvalue weighted by molar-refractivity contribution is -0.143. The summed E-state index contributed by atoms with van der Waals surface area (Å²) in [5.41, 5.74) is 3.60. The molecule has 0 radical (unpaired) electrons. The lowest BCUT2D eigenvalue weighted by atomic mass is 9.73. The molecule has 1 aliphatic carbocycles. The Morgan fingerprint density at radius 3 is 2.55 bits per heavy atom. The highest BCUT2D eigenvalue weighted by Gasteiger charge is 2.41. The number of hydrogen-bond donors (Lipinski definition) is 2. The predicted molar refractivity (Wildman–Crippen MR) is 133 cm³/mol. The highest BCUT2D eigenvalue weighted by molar-refractivity contribution is 5.86. The predicted octanol–water partition coefficient (Wildman–Crippen LogP) is 4.84. The maximum Gasteiger partial charge on any atom is 0.293 e. The Hall–Kier alpha value is -2.34. The first-order valence-electron chi connectivity index (χ1n) is 12.3. The van der Waals surface area contributed by atoms with Crippen LogP contribution in [0.2, 0.25) is 0 Å². The third-order valence-electron chi connectivity index (χ3n) is 6.62. The standard InChI is InChI=1S/C22H31N3O.C5H10O2/c1-14(2)10-20-21-18(17-6-4-5-7-19(17)24-21)8-9-25(20)22(26)16-11-15(12-16)13-23-3;1-5(2,3)7-4-6/h4-7,14-16,20,23-24H,8-13H2,1-3H3;4H,1-3H3. The van der Waals surface area contributed by atoms with E-state index in [9.17, 15) is 9.59 Å². The zero-order valence-corrected chi connectivity index (χ0v) is 21.1. The summed E-state index contributed by atoms with van der Waals surface area (Å²) in [4.78, 5) is 28.7. The van der Waals surface area contributed by atoms with Gasteiger partial charge in [0.1, 0.15) is 5.60 Å². The van der Waals surface area contributed by atoms with Gasteiger partial charge in [-0.1, -0.05) is 32.0 Å². The number of nitrogens with one attached hydrogen (secondary N) is 2. The van der Waals surface area contributed by atoms with E-state index in [0.717, 1.165) is 38.8 Å². The number of amides is 1. The second-order valence-corrected chi connectivity index (χ2v) is 10.9. The van der Waals surface area contributed by atoms with Crippen molar-refractivity contribution in [1.29, 1.82) is 0 Å². The summed E-state index contributed by atoms with van der Waals surface area (Å²) in [7, 11) is 2.00. The highest BCUT2D eigenvalue weighted by Crippen LogP contribution is 2.41. The van der Waals surface area contributed by atoms with E-state index in [0.29, 0.717) is 24.2 Å². The minimum atomic E-state index is -0.318. The van der Waals surface area contributed by atoms with Gasteiger partial charge in [0.15, 0.2) is 0 Å². The van der Waals surface area contributed by atoms with Gasteiger partial charge in [0.05, 0.1) is 6.04 Å². The lowest BCUT2D eigenvalue weighted by Gasteiger charge is -2.43. The molecule has 1 aliphatic heterocycles. The summed E-state index contributed by atoms with van der Waals surface area (Å²) in [6.07, 6.45) is 4.08. The van der Waals surface area contributed by atoms with Crippen molar-refractivity contribution in [3.8, 4) is 0 Å². The van der Waals surface area contributed by atoms with Gasteiger partial charge in [-0.25, -0.2) is 0 Å². The Morgan fingerprint density at radius 2 is 1.97 bits per heavy atom. The van der Waals surface area contributed by atoms with Crippen molar-refractivity contribution < 1.29 is 14.3 Å². The van der Waals surface area contributed by atoms with E-state index >= 15 is 0 Å². The molecule has 33 heavy (non-hydrogen) atoms. The molecule has 1 fully saturated rings. The van der Waals surface area contributed by atoms with E-state index in [1.165, 1.54) is 22.2 Å². The molecule has 182 valence electrons. The number of hydrogen-bond acceptors (Lipinski definition) is 4. The quantitative estimate of drug-likeness (QED) is 0.611. The van der Waals surface area contributed by atoms with Crippen molar-refractivity contribution in [2.24, 2.45) is 17.8 Å².